The van der Waals surface area contributed by atoms with E-state index in [4.69, 9.17) is 5.73 Å². The number of rotatable bonds is 3. The van der Waals surface area contributed by atoms with E-state index < -0.39 is 0 Å². The van der Waals surface area contributed by atoms with Gasteiger partial charge in [-0.05, 0) is 30.7 Å². The van der Waals surface area contributed by atoms with Gasteiger partial charge in [-0.1, -0.05) is 15.9 Å². The lowest BCUT2D eigenvalue weighted by Crippen LogP contribution is -2.26. The average Bonchev–Trinajstić information content (AvgIpc) is 2.70. The quantitative estimate of drug-likeness (QED) is 0.883. The molecule has 0 aromatic heterocycles. The smallest absolute Gasteiger partial charge is 0.227 e. The highest BCUT2D eigenvalue weighted by atomic mass is 79.9. The van der Waals surface area contributed by atoms with E-state index in [1.165, 1.54) is 0 Å². The van der Waals surface area contributed by atoms with E-state index >= 15 is 0 Å². The van der Waals surface area contributed by atoms with Gasteiger partial charge >= 0.3 is 0 Å². The number of hydrogen-bond donors (Lipinski definition) is 2. The Hall–Kier alpha value is -0.910. The van der Waals surface area contributed by atoms with Crippen molar-refractivity contribution in [3.63, 3.8) is 0 Å². The minimum atomic E-state index is -0.0775. The van der Waals surface area contributed by atoms with Crippen LogP contribution in [-0.4, -0.2) is 24.1 Å². The van der Waals surface area contributed by atoms with Crippen LogP contribution in [0.4, 0.5) is 5.69 Å². The molecule has 1 atom stereocenters. The van der Waals surface area contributed by atoms with Gasteiger partial charge in [0.05, 0.1) is 6.61 Å². The molecule has 0 radical (unpaired) electrons. The predicted molar refractivity (Wildman–Crippen MR) is 69.6 cm³/mol. The zero-order valence-electron chi connectivity index (χ0n) is 9.40. The zero-order chi connectivity index (χ0) is 12.4. The molecular formula is C12H15BrN2O2. The molecule has 1 aromatic rings. The molecule has 0 bridgehead atoms. The van der Waals surface area contributed by atoms with Crippen LogP contribution >= 0.6 is 15.9 Å². The summed E-state index contributed by atoms with van der Waals surface area (Å²) in [5.74, 6) is 0.301. The van der Waals surface area contributed by atoms with Gasteiger partial charge < -0.3 is 15.7 Å². The molecule has 1 unspecified atom stereocenters. The van der Waals surface area contributed by atoms with E-state index in [-0.39, 0.29) is 18.4 Å². The number of amides is 1. The molecule has 0 spiro atoms. The van der Waals surface area contributed by atoms with E-state index in [1.807, 2.05) is 18.2 Å². The Bertz CT molecular complexity index is 437. The van der Waals surface area contributed by atoms with Crippen LogP contribution in [0.25, 0.3) is 0 Å². The average molecular weight is 299 g/mol. The lowest BCUT2D eigenvalue weighted by Gasteiger charge is -2.19. The third kappa shape index (κ3) is 2.51. The van der Waals surface area contributed by atoms with Crippen molar-refractivity contribution in [2.24, 2.45) is 11.7 Å². The first-order chi connectivity index (χ1) is 8.15. The van der Waals surface area contributed by atoms with Crippen LogP contribution in [0, 0.1) is 5.92 Å². The van der Waals surface area contributed by atoms with Gasteiger partial charge in [-0.3, -0.25) is 4.79 Å². The van der Waals surface area contributed by atoms with Gasteiger partial charge in [0.2, 0.25) is 5.91 Å². The minimum absolute atomic E-state index is 0.0775. The van der Waals surface area contributed by atoms with Crippen LogP contribution in [0.2, 0.25) is 0 Å². The highest BCUT2D eigenvalue weighted by molar-refractivity contribution is 9.10. The topological polar surface area (TPSA) is 66.6 Å². The van der Waals surface area contributed by atoms with Crippen molar-refractivity contribution < 1.29 is 9.90 Å². The maximum Gasteiger partial charge on any atom is 0.227 e. The maximum atomic E-state index is 11.9. The summed E-state index contributed by atoms with van der Waals surface area (Å²) in [6.45, 7) is 1.09. The molecule has 1 heterocycles. The Morgan fingerprint density at radius 2 is 2.29 bits per heavy atom. The van der Waals surface area contributed by atoms with Crippen molar-refractivity contribution in [1.29, 1.82) is 0 Å². The van der Waals surface area contributed by atoms with E-state index in [2.05, 4.69) is 15.9 Å². The zero-order valence-corrected chi connectivity index (χ0v) is 11.0. The number of nitrogens with two attached hydrogens (primary N) is 1. The van der Waals surface area contributed by atoms with Crippen LogP contribution in [-0.2, 0) is 11.4 Å². The second-order valence-corrected chi connectivity index (χ2v) is 5.16. The molecular weight excluding hydrogens is 284 g/mol. The fourth-order valence-corrected chi connectivity index (χ4v) is 2.52. The summed E-state index contributed by atoms with van der Waals surface area (Å²) in [7, 11) is 0. The Labute approximate surface area is 109 Å². The molecule has 2 rings (SSSR count). The Morgan fingerprint density at radius 3 is 2.88 bits per heavy atom. The second kappa shape index (κ2) is 5.16. The number of hydrogen-bond acceptors (Lipinski definition) is 3. The molecule has 92 valence electrons. The lowest BCUT2D eigenvalue weighted by atomic mass is 10.1. The van der Waals surface area contributed by atoms with Crippen molar-refractivity contribution in [2.45, 2.75) is 13.0 Å². The fourth-order valence-electron chi connectivity index (χ4n) is 2.12. The highest BCUT2D eigenvalue weighted by Crippen LogP contribution is 2.29. The van der Waals surface area contributed by atoms with Crippen molar-refractivity contribution in [1.82, 2.24) is 0 Å². The van der Waals surface area contributed by atoms with E-state index in [0.29, 0.717) is 19.5 Å². The molecule has 0 saturated carbocycles. The van der Waals surface area contributed by atoms with E-state index in [9.17, 15) is 9.90 Å². The summed E-state index contributed by atoms with van der Waals surface area (Å²) in [4.78, 5) is 13.6. The van der Waals surface area contributed by atoms with Gasteiger partial charge in [0.15, 0.2) is 0 Å². The number of aliphatic hydroxyl groups is 1. The maximum absolute atomic E-state index is 11.9. The monoisotopic (exact) mass is 298 g/mol. The molecule has 1 aliphatic rings. The summed E-state index contributed by atoms with van der Waals surface area (Å²) < 4.78 is 0.896. The number of halogens is 1. The minimum Gasteiger partial charge on any atom is -0.392 e. The standard InChI is InChI=1S/C12H15BrN2O2/c13-10-1-2-11(9(4-10)7-16)15-6-8(5-14)3-12(15)17/h1-2,4,8,16H,3,5-7,14H2. The summed E-state index contributed by atoms with van der Waals surface area (Å²) in [5, 5.41) is 9.33. The summed E-state index contributed by atoms with van der Waals surface area (Å²) >= 11 is 3.35. The number of anilines is 1. The summed E-state index contributed by atoms with van der Waals surface area (Å²) in [6, 6.07) is 5.56. The van der Waals surface area contributed by atoms with Crippen molar-refractivity contribution in [3.05, 3.63) is 28.2 Å². The van der Waals surface area contributed by atoms with Crippen LogP contribution < -0.4 is 10.6 Å². The molecule has 1 fully saturated rings. The fraction of sp³-hybridized carbons (Fsp3) is 0.417. The highest BCUT2D eigenvalue weighted by Gasteiger charge is 2.30. The van der Waals surface area contributed by atoms with Crippen molar-refractivity contribution >= 4 is 27.5 Å². The molecule has 0 aliphatic carbocycles. The first-order valence-corrected chi connectivity index (χ1v) is 6.34. The summed E-state index contributed by atoms with van der Waals surface area (Å²) in [6.07, 6.45) is 0.497. The van der Waals surface area contributed by atoms with Crippen molar-refractivity contribution in [3.8, 4) is 0 Å². The predicted octanol–water partition coefficient (Wildman–Crippen LogP) is 1.25. The van der Waals surface area contributed by atoms with E-state index in [1.54, 1.807) is 4.90 Å². The molecule has 1 saturated heterocycles. The van der Waals surface area contributed by atoms with Crippen LogP contribution in [0.5, 0.6) is 0 Å². The first-order valence-electron chi connectivity index (χ1n) is 5.55. The molecule has 1 aromatic carbocycles. The van der Waals surface area contributed by atoms with Crippen molar-refractivity contribution in [2.75, 3.05) is 18.0 Å². The first kappa shape index (κ1) is 12.5. The van der Waals surface area contributed by atoms with Crippen LogP contribution in [0.1, 0.15) is 12.0 Å². The molecule has 1 amide bonds. The SMILES string of the molecule is NCC1CC(=O)N(c2ccc(Br)cc2CO)C1. The van der Waals surface area contributed by atoms with Gasteiger partial charge in [0, 0.05) is 28.7 Å². The Kier molecular flexibility index (Phi) is 3.81. The van der Waals surface area contributed by atoms with Gasteiger partial charge in [-0.15, -0.1) is 0 Å². The Balaban J connectivity index is 2.31. The van der Waals surface area contributed by atoms with Gasteiger partial charge in [0.25, 0.3) is 0 Å². The molecule has 5 heteroatoms. The molecule has 3 N–H and O–H groups in total. The van der Waals surface area contributed by atoms with E-state index in [0.717, 1.165) is 15.7 Å². The third-order valence-electron chi connectivity index (χ3n) is 3.04. The van der Waals surface area contributed by atoms with Gasteiger partial charge in [-0.25, -0.2) is 0 Å². The number of nitrogens with zero attached hydrogens (tertiary/aromatic N) is 1. The largest absolute Gasteiger partial charge is 0.392 e. The number of aliphatic hydroxyl groups excluding tert-OH is 1. The molecule has 17 heavy (non-hydrogen) atoms. The number of carbonyl (C=O) groups is 1. The van der Waals surface area contributed by atoms with Crippen LogP contribution in [0.15, 0.2) is 22.7 Å². The summed E-state index contributed by atoms with van der Waals surface area (Å²) in [5.41, 5.74) is 7.14. The van der Waals surface area contributed by atoms with Crippen LogP contribution in [0.3, 0.4) is 0 Å². The second-order valence-electron chi connectivity index (χ2n) is 4.24. The number of benzene rings is 1. The number of carbonyl (C=O) groups excluding carboxylic acids is 1. The third-order valence-corrected chi connectivity index (χ3v) is 3.53. The lowest BCUT2D eigenvalue weighted by molar-refractivity contribution is -0.117. The Morgan fingerprint density at radius 1 is 1.53 bits per heavy atom. The molecule has 4 nitrogen and oxygen atoms in total. The normalized spacial score (nSPS) is 20.1. The van der Waals surface area contributed by atoms with Gasteiger partial charge in [0.1, 0.15) is 0 Å². The molecule has 1 aliphatic heterocycles. The van der Waals surface area contributed by atoms with Gasteiger partial charge in [-0.2, -0.15) is 0 Å².